The van der Waals surface area contributed by atoms with Gasteiger partial charge in [-0.15, -0.1) is 0 Å². The molecule has 0 aliphatic heterocycles. The third-order valence-electron chi connectivity index (χ3n) is 6.50. The normalized spacial score (nSPS) is 13.9. The van der Waals surface area contributed by atoms with Crippen LogP contribution < -0.4 is 10.6 Å². The van der Waals surface area contributed by atoms with Crippen LogP contribution in [-0.4, -0.2) is 25.8 Å². The second-order valence-corrected chi connectivity index (χ2v) is 8.96. The number of amides is 1. The molecule has 0 bridgehead atoms. The topological polar surface area (TPSA) is 92.7 Å². The van der Waals surface area contributed by atoms with Crippen molar-refractivity contribution >= 4 is 23.2 Å². The fraction of sp³-hybridized carbons (Fsp3) is 0.250. The molecule has 1 aliphatic carbocycles. The van der Waals surface area contributed by atoms with Crippen molar-refractivity contribution in [2.75, 3.05) is 10.6 Å². The van der Waals surface area contributed by atoms with Crippen LogP contribution in [0.3, 0.4) is 0 Å². The van der Waals surface area contributed by atoms with E-state index in [0.29, 0.717) is 23.1 Å². The van der Waals surface area contributed by atoms with Crippen molar-refractivity contribution in [3.05, 3.63) is 90.1 Å². The summed E-state index contributed by atoms with van der Waals surface area (Å²) in [4.78, 5) is 29.9. The molecule has 5 rings (SSSR count). The minimum absolute atomic E-state index is 0.127. The number of benzene rings is 2. The van der Waals surface area contributed by atoms with E-state index in [4.69, 9.17) is 0 Å². The summed E-state index contributed by atoms with van der Waals surface area (Å²) in [6, 6.07) is 15.6. The Morgan fingerprint density at radius 2 is 1.71 bits per heavy atom. The van der Waals surface area contributed by atoms with Gasteiger partial charge in [-0.25, -0.2) is 19.9 Å². The molecule has 1 aliphatic rings. The Morgan fingerprint density at radius 1 is 0.943 bits per heavy atom. The van der Waals surface area contributed by atoms with Gasteiger partial charge in [0, 0.05) is 41.1 Å². The third-order valence-corrected chi connectivity index (χ3v) is 6.50. The van der Waals surface area contributed by atoms with E-state index in [-0.39, 0.29) is 5.91 Å². The van der Waals surface area contributed by atoms with Crippen LogP contribution >= 0.6 is 0 Å². The summed E-state index contributed by atoms with van der Waals surface area (Å²) in [6.45, 7) is 1.99. The van der Waals surface area contributed by atoms with Gasteiger partial charge < -0.3 is 10.6 Å². The van der Waals surface area contributed by atoms with E-state index >= 15 is 0 Å². The Hall–Kier alpha value is -4.13. The van der Waals surface area contributed by atoms with Crippen LogP contribution in [0.1, 0.15) is 59.5 Å². The number of rotatable bonds is 6. The Kier molecular flexibility index (Phi) is 6.75. The second-order valence-electron chi connectivity index (χ2n) is 8.96. The molecule has 0 saturated heterocycles. The summed E-state index contributed by atoms with van der Waals surface area (Å²) in [5.41, 5.74) is 6.06. The summed E-state index contributed by atoms with van der Waals surface area (Å²) in [6.07, 6.45) is 13.0. The van der Waals surface area contributed by atoms with E-state index in [9.17, 15) is 4.79 Å². The zero-order chi connectivity index (χ0) is 24.0. The van der Waals surface area contributed by atoms with Crippen LogP contribution in [0.2, 0.25) is 0 Å². The minimum Gasteiger partial charge on any atom is -0.324 e. The molecule has 2 heterocycles. The fourth-order valence-electron chi connectivity index (χ4n) is 4.51. The van der Waals surface area contributed by atoms with Crippen molar-refractivity contribution in [3.63, 3.8) is 0 Å². The van der Waals surface area contributed by atoms with Crippen molar-refractivity contribution in [2.45, 2.75) is 44.9 Å². The predicted octanol–water partition coefficient (Wildman–Crippen LogP) is 6.29. The molecule has 1 fully saturated rings. The largest absolute Gasteiger partial charge is 0.324 e. The number of hydrogen-bond donors (Lipinski definition) is 2. The van der Waals surface area contributed by atoms with Gasteiger partial charge in [-0.05, 0) is 67.1 Å². The van der Waals surface area contributed by atoms with Crippen molar-refractivity contribution in [2.24, 2.45) is 0 Å². The molecule has 0 unspecified atom stereocenters. The molecule has 2 N–H and O–H groups in total. The first-order chi connectivity index (χ1) is 17.2. The summed E-state index contributed by atoms with van der Waals surface area (Å²) in [5.74, 6) is 0.954. The smallest absolute Gasteiger partial charge is 0.255 e. The first kappa shape index (κ1) is 22.7. The van der Waals surface area contributed by atoms with Crippen molar-refractivity contribution in [3.8, 4) is 11.3 Å². The number of aromatic nitrogens is 4. The monoisotopic (exact) mass is 464 g/mol. The average Bonchev–Trinajstić information content (AvgIpc) is 2.92. The molecule has 7 heteroatoms. The lowest BCUT2D eigenvalue weighted by Gasteiger charge is -2.22. The molecule has 1 amide bonds. The van der Waals surface area contributed by atoms with Crippen LogP contribution in [0.15, 0.2) is 73.4 Å². The quantitative estimate of drug-likeness (QED) is 0.349. The lowest BCUT2D eigenvalue weighted by Crippen LogP contribution is -2.12. The van der Waals surface area contributed by atoms with E-state index < -0.39 is 0 Å². The number of aryl methyl sites for hydroxylation is 1. The number of nitrogens with zero attached hydrogens (tertiary/aromatic N) is 4. The number of carbonyl (C=O) groups is 1. The van der Waals surface area contributed by atoms with Gasteiger partial charge in [-0.1, -0.05) is 37.5 Å². The second kappa shape index (κ2) is 10.4. The van der Waals surface area contributed by atoms with E-state index in [1.165, 1.54) is 44.0 Å². The first-order valence-electron chi connectivity index (χ1n) is 12.0. The maximum Gasteiger partial charge on any atom is 0.255 e. The minimum atomic E-state index is -0.127. The van der Waals surface area contributed by atoms with Gasteiger partial charge in [0.15, 0.2) is 0 Å². The third kappa shape index (κ3) is 5.51. The summed E-state index contributed by atoms with van der Waals surface area (Å²) in [5, 5.41) is 6.28. The Bertz CT molecular complexity index is 1300. The molecule has 0 atom stereocenters. The number of hydrogen-bond acceptors (Lipinski definition) is 6. The van der Waals surface area contributed by atoms with Crippen molar-refractivity contribution in [1.29, 1.82) is 0 Å². The number of carbonyl (C=O) groups excluding carboxylic acids is 1. The van der Waals surface area contributed by atoms with Gasteiger partial charge in [-0.3, -0.25) is 4.79 Å². The highest BCUT2D eigenvalue weighted by molar-refractivity contribution is 6.04. The molecule has 4 aromatic rings. The van der Waals surface area contributed by atoms with Gasteiger partial charge in [0.05, 0.1) is 5.69 Å². The highest BCUT2D eigenvalue weighted by Crippen LogP contribution is 2.32. The van der Waals surface area contributed by atoms with Crippen LogP contribution in [-0.2, 0) is 0 Å². The molecule has 0 radical (unpaired) electrons. The molecular formula is C28H28N6O. The van der Waals surface area contributed by atoms with Gasteiger partial charge in [0.25, 0.3) is 5.91 Å². The maximum atomic E-state index is 12.9. The molecule has 0 spiro atoms. The Labute approximate surface area is 205 Å². The molecular weight excluding hydrogens is 436 g/mol. The lowest BCUT2D eigenvalue weighted by molar-refractivity contribution is 0.102. The highest BCUT2D eigenvalue weighted by atomic mass is 16.1. The van der Waals surface area contributed by atoms with Gasteiger partial charge in [0.2, 0.25) is 5.95 Å². The predicted molar refractivity (Wildman–Crippen MR) is 138 cm³/mol. The van der Waals surface area contributed by atoms with Gasteiger partial charge in [-0.2, -0.15) is 0 Å². The number of nitrogens with one attached hydrogen (secondary N) is 2. The summed E-state index contributed by atoms with van der Waals surface area (Å²) >= 11 is 0. The SMILES string of the molecule is Cc1ccc(NC(=O)c2ccc(C3CCCCC3)cc2)cc1Nc1nccc(-c2cncnc2)n1. The molecule has 2 aromatic heterocycles. The van der Waals surface area contributed by atoms with Crippen LogP contribution in [0.5, 0.6) is 0 Å². The summed E-state index contributed by atoms with van der Waals surface area (Å²) < 4.78 is 0. The fourth-order valence-corrected chi connectivity index (χ4v) is 4.51. The first-order valence-corrected chi connectivity index (χ1v) is 12.0. The zero-order valence-corrected chi connectivity index (χ0v) is 19.7. The Morgan fingerprint density at radius 3 is 2.49 bits per heavy atom. The zero-order valence-electron chi connectivity index (χ0n) is 19.7. The standard InChI is InChI=1S/C28H28N6O/c1-19-7-12-24(32-27(35)22-10-8-21(9-11-22)20-5-3-2-4-6-20)15-26(19)34-28-31-14-13-25(33-28)23-16-29-18-30-17-23/h7-18,20H,2-6H2,1H3,(H,32,35)(H,31,33,34). The lowest BCUT2D eigenvalue weighted by atomic mass is 9.84. The molecule has 35 heavy (non-hydrogen) atoms. The summed E-state index contributed by atoms with van der Waals surface area (Å²) in [7, 11) is 0. The molecule has 2 aromatic carbocycles. The maximum absolute atomic E-state index is 12.9. The van der Waals surface area contributed by atoms with Crippen molar-refractivity contribution < 1.29 is 4.79 Å². The van der Waals surface area contributed by atoms with E-state index in [0.717, 1.165) is 22.5 Å². The van der Waals surface area contributed by atoms with Crippen LogP contribution in [0.25, 0.3) is 11.3 Å². The molecule has 1 saturated carbocycles. The van der Waals surface area contributed by atoms with Gasteiger partial charge in [0.1, 0.15) is 6.33 Å². The van der Waals surface area contributed by atoms with E-state index in [1.54, 1.807) is 18.6 Å². The highest BCUT2D eigenvalue weighted by Gasteiger charge is 2.16. The number of anilines is 3. The molecule has 176 valence electrons. The Balaban J connectivity index is 1.28. The van der Waals surface area contributed by atoms with Gasteiger partial charge >= 0.3 is 0 Å². The van der Waals surface area contributed by atoms with Crippen LogP contribution in [0.4, 0.5) is 17.3 Å². The van der Waals surface area contributed by atoms with Crippen molar-refractivity contribution in [1.82, 2.24) is 19.9 Å². The van der Waals surface area contributed by atoms with E-state index in [2.05, 4.69) is 42.7 Å². The molecule has 7 nitrogen and oxygen atoms in total. The van der Waals surface area contributed by atoms with E-state index in [1.807, 2.05) is 43.3 Å². The average molecular weight is 465 g/mol. The van der Waals surface area contributed by atoms with Crippen LogP contribution in [0, 0.1) is 6.92 Å².